The highest BCUT2D eigenvalue weighted by Crippen LogP contribution is 2.26. The van der Waals surface area contributed by atoms with Crippen LogP contribution in [0.15, 0.2) is 46.9 Å². The van der Waals surface area contributed by atoms with Gasteiger partial charge in [0.25, 0.3) is 0 Å². The van der Waals surface area contributed by atoms with E-state index in [1.807, 2.05) is 77.1 Å². The lowest BCUT2D eigenvalue weighted by Crippen LogP contribution is -2.28. The highest BCUT2D eigenvalue weighted by molar-refractivity contribution is 5.75. The molecule has 1 aromatic heterocycles. The summed E-state index contributed by atoms with van der Waals surface area (Å²) in [6, 6.07) is 13.4. The summed E-state index contributed by atoms with van der Waals surface area (Å²) in [5, 5.41) is 0. The lowest BCUT2D eigenvalue weighted by molar-refractivity contribution is -0.153. The quantitative estimate of drug-likeness (QED) is 0.347. The third kappa shape index (κ3) is 6.60. The minimum absolute atomic E-state index is 0.121. The fraction of sp³-hybridized carbons (Fsp3) is 0.407. The number of benzene rings is 2. The molecule has 34 heavy (non-hydrogen) atoms. The van der Waals surface area contributed by atoms with E-state index >= 15 is 0 Å². The van der Waals surface area contributed by atoms with Crippen LogP contribution in [0.25, 0.3) is 11.5 Å². The van der Waals surface area contributed by atoms with Gasteiger partial charge in [-0.15, -0.1) is 0 Å². The van der Waals surface area contributed by atoms with E-state index in [-0.39, 0.29) is 18.7 Å². The lowest BCUT2D eigenvalue weighted by atomic mass is 10.0. The second kappa shape index (κ2) is 11.7. The molecule has 0 aliphatic rings. The number of hydrogen-bond donors (Lipinski definition) is 0. The van der Waals surface area contributed by atoms with Gasteiger partial charge < -0.3 is 23.4 Å². The van der Waals surface area contributed by atoms with Crippen LogP contribution >= 0.6 is 0 Å². The number of hydrogen-bond acceptors (Lipinski definition) is 7. The first-order chi connectivity index (χ1) is 16.3. The Morgan fingerprint density at radius 2 is 1.76 bits per heavy atom. The topological polar surface area (TPSA) is 80.0 Å². The van der Waals surface area contributed by atoms with Crippen molar-refractivity contribution in [3.05, 3.63) is 65.0 Å². The molecule has 0 aliphatic heterocycles. The number of rotatable bonds is 11. The van der Waals surface area contributed by atoms with Crippen LogP contribution < -0.4 is 9.47 Å². The van der Waals surface area contributed by atoms with E-state index in [1.165, 1.54) is 7.11 Å². The van der Waals surface area contributed by atoms with E-state index in [2.05, 4.69) is 4.98 Å². The first-order valence-electron chi connectivity index (χ1n) is 11.5. The predicted octanol–water partition coefficient (Wildman–Crippen LogP) is 5.45. The van der Waals surface area contributed by atoms with Crippen molar-refractivity contribution < 1.29 is 28.2 Å². The molecule has 3 aromatic rings. The van der Waals surface area contributed by atoms with E-state index in [4.69, 9.17) is 23.4 Å². The van der Waals surface area contributed by atoms with E-state index in [9.17, 15) is 4.79 Å². The Balaban J connectivity index is 1.65. The standard InChI is InChI=1S/C27H33NO6/c1-7-31-25(27(29)30-6)15-21-10-13-23(14-18(21)4)32-16-24-19(5)34-26(28-24)20-8-11-22(12-9-20)33-17(2)3/h8-14,17,25H,7,15-16H2,1-6H3. The molecular formula is C27H33NO6. The Bertz CT molecular complexity index is 1090. The van der Waals surface area contributed by atoms with Crippen LogP contribution in [0.2, 0.25) is 0 Å². The third-order valence-corrected chi connectivity index (χ3v) is 5.29. The second-order valence-electron chi connectivity index (χ2n) is 8.26. The molecule has 0 radical (unpaired) electrons. The maximum atomic E-state index is 11.9. The maximum Gasteiger partial charge on any atom is 0.335 e. The Morgan fingerprint density at radius 1 is 1.06 bits per heavy atom. The number of carbonyl (C=O) groups is 1. The van der Waals surface area contributed by atoms with Gasteiger partial charge >= 0.3 is 5.97 Å². The number of esters is 1. The summed E-state index contributed by atoms with van der Waals surface area (Å²) in [6.45, 7) is 10.4. The number of carbonyl (C=O) groups excluding carboxylic acids is 1. The van der Waals surface area contributed by atoms with Crippen LogP contribution in [0, 0.1) is 13.8 Å². The molecule has 0 aliphatic carbocycles. The largest absolute Gasteiger partial charge is 0.491 e. The highest BCUT2D eigenvalue weighted by Gasteiger charge is 2.21. The molecule has 0 saturated carbocycles. The molecule has 182 valence electrons. The van der Waals surface area contributed by atoms with E-state index in [1.54, 1.807) is 0 Å². The summed E-state index contributed by atoms with van der Waals surface area (Å²) >= 11 is 0. The van der Waals surface area contributed by atoms with Crippen LogP contribution in [0.3, 0.4) is 0 Å². The SMILES string of the molecule is CCOC(Cc1ccc(OCc2nc(-c3ccc(OC(C)C)cc3)oc2C)cc1C)C(=O)OC. The number of methoxy groups -OCH3 is 1. The number of aromatic nitrogens is 1. The summed E-state index contributed by atoms with van der Waals surface area (Å²) in [5.41, 5.74) is 3.62. The molecule has 7 heteroatoms. The van der Waals surface area contributed by atoms with Crippen molar-refractivity contribution in [2.45, 2.75) is 59.9 Å². The summed E-state index contributed by atoms with van der Waals surface area (Å²) in [4.78, 5) is 16.6. The van der Waals surface area contributed by atoms with Gasteiger partial charge in [-0.1, -0.05) is 6.07 Å². The van der Waals surface area contributed by atoms with Gasteiger partial charge in [0.05, 0.1) is 13.2 Å². The molecule has 1 unspecified atom stereocenters. The summed E-state index contributed by atoms with van der Waals surface area (Å²) in [6.07, 6.45) is -0.0581. The minimum atomic E-state index is -0.623. The van der Waals surface area contributed by atoms with Crippen LogP contribution in [0.5, 0.6) is 11.5 Å². The number of oxazole rings is 1. The Labute approximate surface area is 201 Å². The van der Waals surface area contributed by atoms with Crippen molar-refractivity contribution in [1.82, 2.24) is 4.98 Å². The summed E-state index contributed by atoms with van der Waals surface area (Å²) < 4.78 is 27.9. The third-order valence-electron chi connectivity index (χ3n) is 5.29. The molecule has 0 saturated heterocycles. The molecule has 0 bridgehead atoms. The molecule has 3 rings (SSSR count). The van der Waals surface area contributed by atoms with Crippen molar-refractivity contribution in [2.75, 3.05) is 13.7 Å². The number of ether oxygens (including phenoxy) is 4. The molecular weight excluding hydrogens is 434 g/mol. The smallest absolute Gasteiger partial charge is 0.335 e. The van der Waals surface area contributed by atoms with Gasteiger partial charge in [-0.25, -0.2) is 9.78 Å². The van der Waals surface area contributed by atoms with E-state index in [0.717, 1.165) is 28.1 Å². The van der Waals surface area contributed by atoms with Crippen molar-refractivity contribution in [3.8, 4) is 23.0 Å². The van der Waals surface area contributed by atoms with Gasteiger partial charge in [-0.2, -0.15) is 0 Å². The molecule has 0 amide bonds. The van der Waals surface area contributed by atoms with Crippen LogP contribution in [-0.4, -0.2) is 36.9 Å². The van der Waals surface area contributed by atoms with Gasteiger partial charge in [0.15, 0.2) is 6.10 Å². The van der Waals surface area contributed by atoms with Crippen molar-refractivity contribution >= 4 is 5.97 Å². The Hall–Kier alpha value is -3.32. The maximum absolute atomic E-state index is 11.9. The molecule has 0 N–H and O–H groups in total. The first-order valence-corrected chi connectivity index (χ1v) is 11.5. The fourth-order valence-electron chi connectivity index (χ4n) is 3.52. The average Bonchev–Trinajstić information content (AvgIpc) is 3.18. The van der Waals surface area contributed by atoms with Crippen molar-refractivity contribution in [1.29, 1.82) is 0 Å². The number of nitrogens with zero attached hydrogens (tertiary/aromatic N) is 1. The predicted molar refractivity (Wildman–Crippen MR) is 129 cm³/mol. The Kier molecular flexibility index (Phi) is 8.71. The molecule has 7 nitrogen and oxygen atoms in total. The monoisotopic (exact) mass is 467 g/mol. The molecule has 1 heterocycles. The zero-order valence-electron chi connectivity index (χ0n) is 20.7. The van der Waals surface area contributed by atoms with Gasteiger partial charge in [0, 0.05) is 18.6 Å². The van der Waals surface area contributed by atoms with Gasteiger partial charge in [-0.05, 0) is 82.1 Å². The second-order valence-corrected chi connectivity index (χ2v) is 8.26. The summed E-state index contributed by atoms with van der Waals surface area (Å²) in [5.74, 6) is 2.41. The minimum Gasteiger partial charge on any atom is -0.491 e. The molecule has 0 fully saturated rings. The normalized spacial score (nSPS) is 12.0. The van der Waals surface area contributed by atoms with Gasteiger partial charge in [0.1, 0.15) is 29.6 Å². The Morgan fingerprint density at radius 3 is 2.38 bits per heavy atom. The number of aryl methyl sites for hydroxylation is 2. The van der Waals surface area contributed by atoms with Gasteiger partial charge in [0.2, 0.25) is 5.89 Å². The molecule has 1 atom stereocenters. The average molecular weight is 468 g/mol. The zero-order valence-corrected chi connectivity index (χ0v) is 20.7. The molecule has 0 spiro atoms. The zero-order chi connectivity index (χ0) is 24.7. The fourth-order valence-corrected chi connectivity index (χ4v) is 3.52. The van der Waals surface area contributed by atoms with Gasteiger partial charge in [-0.3, -0.25) is 0 Å². The van der Waals surface area contributed by atoms with Crippen LogP contribution in [0.4, 0.5) is 0 Å². The van der Waals surface area contributed by atoms with Crippen molar-refractivity contribution in [2.24, 2.45) is 0 Å². The van der Waals surface area contributed by atoms with Crippen LogP contribution in [0.1, 0.15) is 43.4 Å². The van der Waals surface area contributed by atoms with E-state index < -0.39 is 6.10 Å². The first kappa shape index (κ1) is 25.3. The highest BCUT2D eigenvalue weighted by atomic mass is 16.6. The molecule has 2 aromatic carbocycles. The van der Waals surface area contributed by atoms with Crippen molar-refractivity contribution in [3.63, 3.8) is 0 Å². The van der Waals surface area contributed by atoms with E-state index in [0.29, 0.717) is 30.4 Å². The lowest BCUT2D eigenvalue weighted by Gasteiger charge is -2.16. The summed E-state index contributed by atoms with van der Waals surface area (Å²) in [7, 11) is 1.37. The van der Waals surface area contributed by atoms with Crippen LogP contribution in [-0.2, 0) is 27.3 Å².